The van der Waals surface area contributed by atoms with Crippen molar-refractivity contribution >= 4 is 5.82 Å². The SMILES string of the molecule is CCCCn1cnc(-c2c(C)cccc2C)c1N. The van der Waals surface area contributed by atoms with Crippen LogP contribution in [0.15, 0.2) is 24.5 Å². The van der Waals surface area contributed by atoms with E-state index in [2.05, 4.69) is 44.0 Å². The minimum absolute atomic E-state index is 0.779. The van der Waals surface area contributed by atoms with Gasteiger partial charge in [0.25, 0.3) is 0 Å². The van der Waals surface area contributed by atoms with Crippen molar-refractivity contribution in [1.29, 1.82) is 0 Å². The second kappa shape index (κ2) is 5.25. The molecule has 0 radical (unpaired) electrons. The van der Waals surface area contributed by atoms with Crippen LogP contribution in [-0.4, -0.2) is 9.55 Å². The first-order valence-electron chi connectivity index (χ1n) is 6.52. The summed E-state index contributed by atoms with van der Waals surface area (Å²) in [7, 11) is 0. The zero-order chi connectivity index (χ0) is 13.1. The molecule has 1 heterocycles. The first-order chi connectivity index (χ1) is 8.65. The number of nitrogens with two attached hydrogens (primary N) is 1. The van der Waals surface area contributed by atoms with E-state index in [-0.39, 0.29) is 0 Å². The summed E-state index contributed by atoms with van der Waals surface area (Å²) in [5.74, 6) is 0.779. The van der Waals surface area contributed by atoms with Gasteiger partial charge in [0, 0.05) is 12.1 Å². The summed E-state index contributed by atoms with van der Waals surface area (Å²) in [6.45, 7) is 7.33. The van der Waals surface area contributed by atoms with Crippen LogP contribution in [0.3, 0.4) is 0 Å². The Labute approximate surface area is 109 Å². The molecule has 3 heteroatoms. The van der Waals surface area contributed by atoms with Crippen molar-refractivity contribution in [3.05, 3.63) is 35.7 Å². The van der Waals surface area contributed by atoms with Crippen molar-refractivity contribution in [1.82, 2.24) is 9.55 Å². The average Bonchev–Trinajstić information content (AvgIpc) is 2.69. The maximum Gasteiger partial charge on any atom is 0.131 e. The van der Waals surface area contributed by atoms with Gasteiger partial charge < -0.3 is 10.3 Å². The number of nitrogens with zero attached hydrogens (tertiary/aromatic N) is 2. The smallest absolute Gasteiger partial charge is 0.131 e. The molecule has 0 amide bonds. The van der Waals surface area contributed by atoms with Crippen LogP contribution in [0.1, 0.15) is 30.9 Å². The summed E-state index contributed by atoms with van der Waals surface area (Å²) < 4.78 is 2.05. The second-order valence-electron chi connectivity index (χ2n) is 4.79. The van der Waals surface area contributed by atoms with Crippen molar-refractivity contribution in [2.24, 2.45) is 0 Å². The number of anilines is 1. The topological polar surface area (TPSA) is 43.8 Å². The van der Waals surface area contributed by atoms with Gasteiger partial charge in [0.05, 0.1) is 6.33 Å². The highest BCUT2D eigenvalue weighted by Gasteiger charge is 2.13. The van der Waals surface area contributed by atoms with Gasteiger partial charge >= 0.3 is 0 Å². The highest BCUT2D eigenvalue weighted by molar-refractivity contribution is 5.75. The van der Waals surface area contributed by atoms with Crippen LogP contribution < -0.4 is 5.73 Å². The zero-order valence-electron chi connectivity index (χ0n) is 11.4. The lowest BCUT2D eigenvalue weighted by atomic mass is 10.0. The molecule has 2 aromatic rings. The minimum atomic E-state index is 0.779. The predicted molar refractivity (Wildman–Crippen MR) is 76.5 cm³/mol. The summed E-state index contributed by atoms with van der Waals surface area (Å²) in [5, 5.41) is 0. The summed E-state index contributed by atoms with van der Waals surface area (Å²) in [6, 6.07) is 6.28. The van der Waals surface area contributed by atoms with Crippen molar-refractivity contribution < 1.29 is 0 Å². The molecule has 1 aromatic heterocycles. The Bertz CT molecular complexity index is 520. The fourth-order valence-corrected chi connectivity index (χ4v) is 2.28. The van der Waals surface area contributed by atoms with Crippen LogP contribution in [0.5, 0.6) is 0 Å². The summed E-state index contributed by atoms with van der Waals surface area (Å²) in [5.41, 5.74) is 10.8. The van der Waals surface area contributed by atoms with E-state index in [0.29, 0.717) is 0 Å². The number of benzene rings is 1. The molecule has 0 aliphatic heterocycles. The van der Waals surface area contributed by atoms with Gasteiger partial charge in [-0.3, -0.25) is 0 Å². The Kier molecular flexibility index (Phi) is 3.70. The molecular weight excluding hydrogens is 222 g/mol. The van der Waals surface area contributed by atoms with Gasteiger partial charge in [-0.1, -0.05) is 31.5 Å². The van der Waals surface area contributed by atoms with E-state index in [1.807, 2.05) is 10.9 Å². The molecule has 96 valence electrons. The molecular formula is C15H21N3. The standard InChI is InChI=1S/C15H21N3/c1-4-5-9-18-10-17-14(15(18)16)13-11(2)7-6-8-12(13)3/h6-8,10H,4-5,9,16H2,1-3H3. The van der Waals surface area contributed by atoms with Crippen molar-refractivity contribution in [2.45, 2.75) is 40.2 Å². The van der Waals surface area contributed by atoms with E-state index >= 15 is 0 Å². The molecule has 3 nitrogen and oxygen atoms in total. The number of imidazole rings is 1. The monoisotopic (exact) mass is 243 g/mol. The number of rotatable bonds is 4. The van der Waals surface area contributed by atoms with E-state index in [9.17, 15) is 0 Å². The number of hydrogen-bond acceptors (Lipinski definition) is 2. The van der Waals surface area contributed by atoms with Gasteiger partial charge in [0.1, 0.15) is 11.5 Å². The minimum Gasteiger partial charge on any atom is -0.383 e. The summed E-state index contributed by atoms with van der Waals surface area (Å²) in [6.07, 6.45) is 4.15. The Morgan fingerprint density at radius 1 is 1.22 bits per heavy atom. The predicted octanol–water partition coefficient (Wildman–Crippen LogP) is 3.55. The third-order valence-electron chi connectivity index (χ3n) is 3.35. The lowest BCUT2D eigenvalue weighted by molar-refractivity contribution is 0.637. The maximum absolute atomic E-state index is 6.21. The Morgan fingerprint density at radius 3 is 2.50 bits per heavy atom. The molecule has 18 heavy (non-hydrogen) atoms. The van der Waals surface area contributed by atoms with Gasteiger partial charge in [-0.05, 0) is 31.4 Å². The van der Waals surface area contributed by atoms with E-state index in [1.54, 1.807) is 0 Å². The number of aromatic nitrogens is 2. The lowest BCUT2D eigenvalue weighted by Crippen LogP contribution is -2.02. The molecule has 0 aliphatic carbocycles. The molecule has 0 saturated carbocycles. The lowest BCUT2D eigenvalue weighted by Gasteiger charge is -2.09. The fraction of sp³-hybridized carbons (Fsp3) is 0.400. The van der Waals surface area contributed by atoms with E-state index < -0.39 is 0 Å². The molecule has 0 atom stereocenters. The highest BCUT2D eigenvalue weighted by atomic mass is 15.1. The van der Waals surface area contributed by atoms with Crippen LogP contribution in [0.2, 0.25) is 0 Å². The van der Waals surface area contributed by atoms with Crippen LogP contribution in [0, 0.1) is 13.8 Å². The average molecular weight is 243 g/mol. The van der Waals surface area contributed by atoms with Gasteiger partial charge in [0.15, 0.2) is 0 Å². The van der Waals surface area contributed by atoms with Gasteiger partial charge in [-0.25, -0.2) is 4.98 Å². The van der Waals surface area contributed by atoms with Crippen LogP contribution in [-0.2, 0) is 6.54 Å². The highest BCUT2D eigenvalue weighted by Crippen LogP contribution is 2.30. The molecule has 0 spiro atoms. The van der Waals surface area contributed by atoms with Crippen LogP contribution in [0.4, 0.5) is 5.82 Å². The van der Waals surface area contributed by atoms with Gasteiger partial charge in [-0.2, -0.15) is 0 Å². The Hall–Kier alpha value is -1.77. The number of unbranched alkanes of at least 4 members (excludes halogenated alkanes) is 1. The van der Waals surface area contributed by atoms with Crippen LogP contribution >= 0.6 is 0 Å². The zero-order valence-corrected chi connectivity index (χ0v) is 11.4. The van der Waals surface area contributed by atoms with Crippen LogP contribution in [0.25, 0.3) is 11.3 Å². The maximum atomic E-state index is 6.21. The van der Waals surface area contributed by atoms with Gasteiger partial charge in [-0.15, -0.1) is 0 Å². The third-order valence-corrected chi connectivity index (χ3v) is 3.35. The molecule has 0 fully saturated rings. The summed E-state index contributed by atoms with van der Waals surface area (Å²) >= 11 is 0. The van der Waals surface area contributed by atoms with Crippen molar-refractivity contribution in [3.63, 3.8) is 0 Å². The molecule has 2 N–H and O–H groups in total. The molecule has 0 aliphatic rings. The first-order valence-corrected chi connectivity index (χ1v) is 6.52. The Balaban J connectivity index is 2.43. The fourth-order valence-electron chi connectivity index (χ4n) is 2.28. The number of nitrogen functional groups attached to an aromatic ring is 1. The molecule has 0 unspecified atom stereocenters. The van der Waals surface area contributed by atoms with E-state index in [1.165, 1.54) is 16.7 Å². The third kappa shape index (κ3) is 2.26. The Morgan fingerprint density at radius 2 is 1.89 bits per heavy atom. The van der Waals surface area contributed by atoms with Gasteiger partial charge in [0.2, 0.25) is 0 Å². The number of hydrogen-bond donors (Lipinski definition) is 1. The second-order valence-corrected chi connectivity index (χ2v) is 4.79. The van der Waals surface area contributed by atoms with E-state index in [4.69, 9.17) is 5.73 Å². The molecule has 2 rings (SSSR count). The van der Waals surface area contributed by atoms with E-state index in [0.717, 1.165) is 30.9 Å². The quantitative estimate of drug-likeness (QED) is 0.892. The summed E-state index contributed by atoms with van der Waals surface area (Å²) in [4.78, 5) is 4.50. The van der Waals surface area contributed by atoms with Crippen molar-refractivity contribution in [3.8, 4) is 11.3 Å². The molecule has 1 aromatic carbocycles. The first kappa shape index (κ1) is 12.7. The number of aryl methyl sites for hydroxylation is 3. The molecule has 0 bridgehead atoms. The van der Waals surface area contributed by atoms with Crippen molar-refractivity contribution in [2.75, 3.05) is 5.73 Å². The molecule has 0 saturated heterocycles. The normalized spacial score (nSPS) is 10.8. The largest absolute Gasteiger partial charge is 0.383 e.